The fourth-order valence-corrected chi connectivity index (χ4v) is 3.96. The Bertz CT molecular complexity index is 823. The van der Waals surface area contributed by atoms with Gasteiger partial charge in [-0.25, -0.2) is 4.98 Å². The number of para-hydroxylation sites is 1. The molecule has 0 fully saturated rings. The Hall–Kier alpha value is -1.80. The summed E-state index contributed by atoms with van der Waals surface area (Å²) >= 11 is 1.84. The standard InChI is InChI=1S/C20H21NS/c1-13-9-10-14(2)18(11-13)16(4)22-20-12-15(3)17-7-5-6-8-19(17)21-20/h5-12,16H,1-4H3. The van der Waals surface area contributed by atoms with E-state index in [9.17, 15) is 0 Å². The van der Waals surface area contributed by atoms with E-state index in [1.807, 2.05) is 11.8 Å². The number of thioether (sulfide) groups is 1. The van der Waals surface area contributed by atoms with E-state index in [0.29, 0.717) is 5.25 Å². The zero-order valence-corrected chi connectivity index (χ0v) is 14.4. The molecule has 22 heavy (non-hydrogen) atoms. The van der Waals surface area contributed by atoms with Crippen LogP contribution in [0.25, 0.3) is 10.9 Å². The molecule has 0 aliphatic rings. The molecule has 3 rings (SSSR count). The average molecular weight is 307 g/mol. The van der Waals surface area contributed by atoms with Crippen LogP contribution in [0.15, 0.2) is 53.6 Å². The van der Waals surface area contributed by atoms with Gasteiger partial charge in [-0.15, -0.1) is 0 Å². The first-order valence-corrected chi connectivity index (χ1v) is 8.53. The molecule has 0 aliphatic carbocycles. The number of fused-ring (bicyclic) bond motifs is 1. The van der Waals surface area contributed by atoms with Gasteiger partial charge in [0, 0.05) is 10.6 Å². The van der Waals surface area contributed by atoms with Crippen LogP contribution in [0.5, 0.6) is 0 Å². The molecule has 1 heterocycles. The third-order valence-corrected chi connectivity index (χ3v) is 5.13. The Balaban J connectivity index is 1.94. The smallest absolute Gasteiger partial charge is 0.0976 e. The van der Waals surface area contributed by atoms with Gasteiger partial charge in [-0.05, 0) is 56.5 Å². The van der Waals surface area contributed by atoms with E-state index in [4.69, 9.17) is 4.98 Å². The van der Waals surface area contributed by atoms with Gasteiger partial charge in [-0.2, -0.15) is 0 Å². The number of hydrogen-bond acceptors (Lipinski definition) is 2. The Kier molecular flexibility index (Phi) is 4.21. The summed E-state index contributed by atoms with van der Waals surface area (Å²) in [6.45, 7) is 8.76. The molecule has 2 heteroatoms. The summed E-state index contributed by atoms with van der Waals surface area (Å²) in [5.74, 6) is 0. The van der Waals surface area contributed by atoms with Crippen LogP contribution in [-0.2, 0) is 0 Å². The fraction of sp³-hybridized carbons (Fsp3) is 0.250. The van der Waals surface area contributed by atoms with Gasteiger partial charge >= 0.3 is 0 Å². The van der Waals surface area contributed by atoms with E-state index in [1.54, 1.807) is 0 Å². The molecule has 0 N–H and O–H groups in total. The van der Waals surface area contributed by atoms with Gasteiger partial charge in [0.1, 0.15) is 0 Å². The molecule has 0 spiro atoms. The summed E-state index contributed by atoms with van der Waals surface area (Å²) in [4.78, 5) is 4.82. The molecule has 112 valence electrons. The number of benzene rings is 2. The van der Waals surface area contributed by atoms with Gasteiger partial charge in [-0.3, -0.25) is 0 Å². The lowest BCUT2D eigenvalue weighted by Crippen LogP contribution is -1.95. The van der Waals surface area contributed by atoms with Crippen molar-refractivity contribution in [2.75, 3.05) is 0 Å². The number of aryl methyl sites for hydroxylation is 3. The highest BCUT2D eigenvalue weighted by molar-refractivity contribution is 7.99. The maximum Gasteiger partial charge on any atom is 0.0976 e. The van der Waals surface area contributed by atoms with Gasteiger partial charge in [-0.1, -0.05) is 53.7 Å². The van der Waals surface area contributed by atoms with E-state index in [2.05, 4.69) is 76.2 Å². The minimum absolute atomic E-state index is 0.396. The molecular weight excluding hydrogens is 286 g/mol. The van der Waals surface area contributed by atoms with E-state index >= 15 is 0 Å². The van der Waals surface area contributed by atoms with E-state index in [-0.39, 0.29) is 0 Å². The maximum atomic E-state index is 4.82. The van der Waals surface area contributed by atoms with Crippen molar-refractivity contribution in [2.45, 2.75) is 38.0 Å². The van der Waals surface area contributed by atoms with Crippen molar-refractivity contribution in [1.82, 2.24) is 4.98 Å². The number of pyridine rings is 1. The van der Waals surface area contributed by atoms with Crippen molar-refractivity contribution in [3.05, 3.63) is 70.8 Å². The number of hydrogen-bond donors (Lipinski definition) is 0. The van der Waals surface area contributed by atoms with Crippen LogP contribution in [0, 0.1) is 20.8 Å². The Morgan fingerprint density at radius 2 is 1.68 bits per heavy atom. The highest BCUT2D eigenvalue weighted by Crippen LogP contribution is 2.36. The van der Waals surface area contributed by atoms with E-state index < -0.39 is 0 Å². The SMILES string of the molecule is Cc1ccc(C)c(C(C)Sc2cc(C)c3ccccc3n2)c1. The topological polar surface area (TPSA) is 12.9 Å². The van der Waals surface area contributed by atoms with Crippen molar-refractivity contribution >= 4 is 22.7 Å². The quantitative estimate of drug-likeness (QED) is 0.549. The minimum Gasteiger partial charge on any atom is -0.241 e. The molecule has 1 unspecified atom stereocenters. The lowest BCUT2D eigenvalue weighted by atomic mass is 10.0. The third kappa shape index (κ3) is 3.02. The van der Waals surface area contributed by atoms with Crippen molar-refractivity contribution < 1.29 is 0 Å². The number of nitrogens with zero attached hydrogens (tertiary/aromatic N) is 1. The van der Waals surface area contributed by atoms with Crippen LogP contribution in [-0.4, -0.2) is 4.98 Å². The predicted molar refractivity (Wildman–Crippen MR) is 96.7 cm³/mol. The van der Waals surface area contributed by atoms with Gasteiger partial charge in [0.05, 0.1) is 10.5 Å². The second kappa shape index (κ2) is 6.13. The monoisotopic (exact) mass is 307 g/mol. The van der Waals surface area contributed by atoms with E-state index in [0.717, 1.165) is 10.5 Å². The maximum absolute atomic E-state index is 4.82. The van der Waals surface area contributed by atoms with Crippen LogP contribution >= 0.6 is 11.8 Å². The Morgan fingerprint density at radius 3 is 2.50 bits per heavy atom. The van der Waals surface area contributed by atoms with Gasteiger partial charge < -0.3 is 0 Å². The zero-order valence-electron chi connectivity index (χ0n) is 13.6. The average Bonchev–Trinajstić information content (AvgIpc) is 2.49. The Labute approximate surface area is 136 Å². The summed E-state index contributed by atoms with van der Waals surface area (Å²) in [5.41, 5.74) is 6.44. The Morgan fingerprint density at radius 1 is 0.909 bits per heavy atom. The lowest BCUT2D eigenvalue weighted by molar-refractivity contribution is 1.05. The molecule has 0 aliphatic heterocycles. The van der Waals surface area contributed by atoms with Crippen molar-refractivity contribution in [2.24, 2.45) is 0 Å². The number of rotatable bonds is 3. The van der Waals surface area contributed by atoms with Crippen LogP contribution < -0.4 is 0 Å². The third-order valence-electron chi connectivity index (χ3n) is 4.07. The fourth-order valence-electron chi connectivity index (χ4n) is 2.82. The molecule has 1 nitrogen and oxygen atoms in total. The highest BCUT2D eigenvalue weighted by Gasteiger charge is 2.12. The largest absolute Gasteiger partial charge is 0.241 e. The zero-order chi connectivity index (χ0) is 15.7. The van der Waals surface area contributed by atoms with Gasteiger partial charge in [0.25, 0.3) is 0 Å². The van der Waals surface area contributed by atoms with Crippen LogP contribution in [0.1, 0.15) is 34.4 Å². The molecule has 0 amide bonds. The first-order valence-electron chi connectivity index (χ1n) is 7.65. The minimum atomic E-state index is 0.396. The highest BCUT2D eigenvalue weighted by atomic mass is 32.2. The molecular formula is C20H21NS. The van der Waals surface area contributed by atoms with Crippen LogP contribution in [0.2, 0.25) is 0 Å². The molecule has 1 aromatic heterocycles. The first-order chi connectivity index (χ1) is 10.5. The first kappa shape index (κ1) is 15.1. The molecule has 0 saturated heterocycles. The number of aromatic nitrogens is 1. The molecule has 2 aromatic carbocycles. The second-order valence-corrected chi connectivity index (χ2v) is 7.28. The van der Waals surface area contributed by atoms with Crippen molar-refractivity contribution in [3.63, 3.8) is 0 Å². The van der Waals surface area contributed by atoms with Crippen molar-refractivity contribution in [1.29, 1.82) is 0 Å². The predicted octanol–water partition coefficient (Wildman–Crippen LogP) is 6.01. The summed E-state index contributed by atoms with van der Waals surface area (Å²) in [6.07, 6.45) is 0. The summed E-state index contributed by atoms with van der Waals surface area (Å²) in [6, 6.07) is 17.2. The molecule has 0 radical (unpaired) electrons. The molecule has 0 saturated carbocycles. The molecule has 1 atom stereocenters. The molecule has 3 aromatic rings. The summed E-state index contributed by atoms with van der Waals surface area (Å²) in [7, 11) is 0. The van der Waals surface area contributed by atoms with E-state index in [1.165, 1.54) is 27.6 Å². The lowest BCUT2D eigenvalue weighted by Gasteiger charge is -2.15. The van der Waals surface area contributed by atoms with Gasteiger partial charge in [0.2, 0.25) is 0 Å². The van der Waals surface area contributed by atoms with Crippen molar-refractivity contribution in [3.8, 4) is 0 Å². The van der Waals surface area contributed by atoms with Gasteiger partial charge in [0.15, 0.2) is 0 Å². The second-order valence-electron chi connectivity index (χ2n) is 5.91. The normalized spacial score (nSPS) is 12.5. The molecule has 0 bridgehead atoms. The van der Waals surface area contributed by atoms with Crippen LogP contribution in [0.4, 0.5) is 0 Å². The van der Waals surface area contributed by atoms with Crippen LogP contribution in [0.3, 0.4) is 0 Å². The summed E-state index contributed by atoms with van der Waals surface area (Å²) < 4.78 is 0. The summed E-state index contributed by atoms with van der Waals surface area (Å²) in [5, 5.41) is 2.74.